The Morgan fingerprint density at radius 1 is 1.35 bits per heavy atom. The number of aromatic nitrogens is 4. The van der Waals surface area contributed by atoms with Gasteiger partial charge in [0.1, 0.15) is 17.7 Å². The Hall–Kier alpha value is -5.00. The third kappa shape index (κ3) is 4.40. The van der Waals surface area contributed by atoms with E-state index in [-0.39, 0.29) is 17.7 Å². The lowest BCUT2D eigenvalue weighted by Gasteiger charge is -2.22. The van der Waals surface area contributed by atoms with E-state index in [1.807, 2.05) is 6.07 Å². The first-order valence-corrected chi connectivity index (χ1v) is 11.9. The SMILES string of the molecule is Cn1cc(-c2c(-c3cccc(C#N)c3)nc(=N)n3c2NC(CN(N)/C(=N\N)c2cscn2)N3)ccc1=O. The molecule has 14 heteroatoms. The molecule has 0 spiro atoms. The fourth-order valence-corrected chi connectivity index (χ4v) is 4.63. The number of fused-ring (bicyclic) bond motifs is 1. The van der Waals surface area contributed by atoms with E-state index in [0.717, 1.165) is 0 Å². The second-order valence-corrected chi connectivity index (χ2v) is 8.93. The number of hydrazone groups is 1. The number of amidine groups is 1. The predicted molar refractivity (Wildman–Crippen MR) is 139 cm³/mol. The van der Waals surface area contributed by atoms with Crippen LogP contribution in [0.2, 0.25) is 0 Å². The minimum absolute atomic E-state index is 0.0632. The van der Waals surface area contributed by atoms with Crippen LogP contribution in [0.4, 0.5) is 5.82 Å². The van der Waals surface area contributed by atoms with Crippen molar-refractivity contribution in [1.82, 2.24) is 24.2 Å². The summed E-state index contributed by atoms with van der Waals surface area (Å²) in [6, 6.07) is 12.3. The Balaban J connectivity index is 1.59. The molecule has 7 N–H and O–H groups in total. The van der Waals surface area contributed by atoms with Crippen molar-refractivity contribution in [3.63, 3.8) is 0 Å². The predicted octanol–water partition coefficient (Wildman–Crippen LogP) is 0.515. The molecule has 3 aromatic heterocycles. The van der Waals surface area contributed by atoms with Crippen LogP contribution in [0.5, 0.6) is 0 Å². The van der Waals surface area contributed by atoms with E-state index in [0.29, 0.717) is 45.3 Å². The molecule has 0 radical (unpaired) electrons. The Kier molecular flexibility index (Phi) is 6.14. The number of pyridine rings is 1. The van der Waals surface area contributed by atoms with Gasteiger partial charge in [-0.3, -0.25) is 20.6 Å². The normalized spacial score (nSPS) is 14.4. The molecule has 0 fully saturated rings. The Labute approximate surface area is 214 Å². The third-order valence-corrected chi connectivity index (χ3v) is 6.38. The van der Waals surface area contributed by atoms with E-state index in [2.05, 4.69) is 31.9 Å². The quantitative estimate of drug-likeness (QED) is 0.109. The average molecular weight is 515 g/mol. The Morgan fingerprint density at radius 3 is 2.89 bits per heavy atom. The molecule has 0 saturated heterocycles. The van der Waals surface area contributed by atoms with Crippen LogP contribution < -0.4 is 33.6 Å². The summed E-state index contributed by atoms with van der Waals surface area (Å²) >= 11 is 1.40. The zero-order valence-corrected chi connectivity index (χ0v) is 20.4. The fourth-order valence-electron chi connectivity index (χ4n) is 4.10. The summed E-state index contributed by atoms with van der Waals surface area (Å²) in [7, 11) is 1.66. The van der Waals surface area contributed by atoms with Crippen LogP contribution >= 0.6 is 11.3 Å². The van der Waals surface area contributed by atoms with Crippen LogP contribution in [0.25, 0.3) is 22.4 Å². The molecule has 1 aromatic carbocycles. The molecule has 0 saturated carbocycles. The molecule has 5 rings (SSSR count). The maximum absolute atomic E-state index is 12.1. The van der Waals surface area contributed by atoms with Crippen LogP contribution in [-0.2, 0) is 7.05 Å². The summed E-state index contributed by atoms with van der Waals surface area (Å²) in [5.41, 5.74) is 8.12. The summed E-state index contributed by atoms with van der Waals surface area (Å²) < 4.78 is 2.98. The van der Waals surface area contributed by atoms with Crippen molar-refractivity contribution in [3.05, 3.63) is 80.7 Å². The van der Waals surface area contributed by atoms with Gasteiger partial charge in [0.25, 0.3) is 0 Å². The molecule has 1 atom stereocenters. The standard InChI is InChI=1S/C23H22N12OS/c1-33-9-15(5-6-18(33)36)19-20(14-4-2-3-13(7-14)8-24)30-23(25)35-22(19)29-17(32-35)10-34(27)21(31-26)16-11-37-12-28-16/h2-7,9,11-12,17,25,29,32H,10,26-27H2,1H3/b25-23?,31-21-. The zero-order valence-electron chi connectivity index (χ0n) is 19.6. The molecular weight excluding hydrogens is 492 g/mol. The molecule has 37 heavy (non-hydrogen) atoms. The molecule has 4 heterocycles. The number of thiazole rings is 1. The van der Waals surface area contributed by atoms with E-state index in [9.17, 15) is 10.1 Å². The molecule has 1 unspecified atom stereocenters. The Morgan fingerprint density at radius 2 is 2.19 bits per heavy atom. The summed E-state index contributed by atoms with van der Waals surface area (Å²) in [4.78, 5) is 20.9. The van der Waals surface area contributed by atoms with Gasteiger partial charge in [-0.15, -0.1) is 11.3 Å². The largest absolute Gasteiger partial charge is 0.347 e. The maximum Gasteiger partial charge on any atom is 0.250 e. The van der Waals surface area contributed by atoms with E-state index in [1.165, 1.54) is 31.7 Å². The lowest BCUT2D eigenvalue weighted by Crippen LogP contribution is -2.48. The van der Waals surface area contributed by atoms with Crippen molar-refractivity contribution in [1.29, 1.82) is 10.7 Å². The fraction of sp³-hybridized carbons (Fsp3) is 0.130. The van der Waals surface area contributed by atoms with Crippen molar-refractivity contribution in [2.45, 2.75) is 6.17 Å². The minimum atomic E-state index is -0.460. The van der Waals surface area contributed by atoms with Crippen LogP contribution in [0.3, 0.4) is 0 Å². The smallest absolute Gasteiger partial charge is 0.250 e. The highest BCUT2D eigenvalue weighted by atomic mass is 32.1. The first-order valence-electron chi connectivity index (χ1n) is 11.0. The van der Waals surface area contributed by atoms with Gasteiger partial charge in [-0.1, -0.05) is 12.1 Å². The number of hydrogen-bond acceptors (Lipinski definition) is 11. The van der Waals surface area contributed by atoms with E-state index in [1.54, 1.807) is 48.4 Å². The van der Waals surface area contributed by atoms with Gasteiger partial charge in [-0.25, -0.2) is 20.5 Å². The highest BCUT2D eigenvalue weighted by Gasteiger charge is 2.29. The van der Waals surface area contributed by atoms with E-state index < -0.39 is 6.17 Å². The number of nitriles is 1. The summed E-state index contributed by atoms with van der Waals surface area (Å²) in [6.45, 7) is 0.209. The molecule has 4 aromatic rings. The number of nitrogens with one attached hydrogen (secondary N) is 3. The molecule has 186 valence electrons. The van der Waals surface area contributed by atoms with Gasteiger partial charge in [-0.05, 0) is 18.2 Å². The number of nitrogens with zero attached hydrogens (tertiary/aromatic N) is 7. The monoisotopic (exact) mass is 514 g/mol. The summed E-state index contributed by atoms with van der Waals surface area (Å²) in [5.74, 6) is 12.7. The first-order chi connectivity index (χ1) is 17.9. The van der Waals surface area contributed by atoms with E-state index >= 15 is 0 Å². The number of benzene rings is 1. The van der Waals surface area contributed by atoms with Gasteiger partial charge < -0.3 is 15.7 Å². The minimum Gasteiger partial charge on any atom is -0.347 e. The number of rotatable bonds is 5. The van der Waals surface area contributed by atoms with Gasteiger partial charge in [0.2, 0.25) is 11.2 Å². The van der Waals surface area contributed by atoms with Gasteiger partial charge in [-0.2, -0.15) is 10.4 Å². The number of aryl methyl sites for hydroxylation is 1. The lowest BCUT2D eigenvalue weighted by molar-refractivity contribution is 0.419. The summed E-state index contributed by atoms with van der Waals surface area (Å²) in [5, 5.41) is 28.3. The first kappa shape index (κ1) is 23.7. The van der Waals surface area contributed by atoms with Crippen LogP contribution in [0, 0.1) is 16.7 Å². The van der Waals surface area contributed by atoms with E-state index in [4.69, 9.17) is 17.1 Å². The topological polar surface area (TPSA) is 192 Å². The number of hydrazine groups is 1. The van der Waals surface area contributed by atoms with Crippen molar-refractivity contribution < 1.29 is 0 Å². The van der Waals surface area contributed by atoms with Gasteiger partial charge >= 0.3 is 0 Å². The lowest BCUT2D eigenvalue weighted by atomic mass is 9.99. The number of hydrogen-bond donors (Lipinski definition) is 5. The van der Waals surface area contributed by atoms with Gasteiger partial charge in [0.05, 0.1) is 34.9 Å². The average Bonchev–Trinajstić information content (AvgIpc) is 3.57. The molecule has 1 aliphatic rings. The maximum atomic E-state index is 12.1. The molecule has 0 bridgehead atoms. The van der Waals surface area contributed by atoms with Crippen LogP contribution in [-0.4, -0.2) is 42.8 Å². The highest BCUT2D eigenvalue weighted by molar-refractivity contribution is 7.07. The highest BCUT2D eigenvalue weighted by Crippen LogP contribution is 2.36. The van der Waals surface area contributed by atoms with Crippen molar-refractivity contribution in [3.8, 4) is 28.5 Å². The second-order valence-electron chi connectivity index (χ2n) is 8.21. The zero-order chi connectivity index (χ0) is 26.1. The van der Waals surface area contributed by atoms with Gasteiger partial charge in [0.15, 0.2) is 5.84 Å². The second kappa shape index (κ2) is 9.57. The number of nitrogens with two attached hydrogens (primary N) is 2. The van der Waals surface area contributed by atoms with Crippen LogP contribution in [0.1, 0.15) is 11.3 Å². The Bertz CT molecular complexity index is 1660. The van der Waals surface area contributed by atoms with Crippen molar-refractivity contribution >= 4 is 23.0 Å². The molecule has 0 amide bonds. The third-order valence-electron chi connectivity index (χ3n) is 5.80. The molecule has 13 nitrogen and oxygen atoms in total. The van der Waals surface area contributed by atoms with Gasteiger partial charge in [0, 0.05) is 35.8 Å². The van der Waals surface area contributed by atoms with Crippen molar-refractivity contribution in [2.75, 3.05) is 17.3 Å². The molecule has 1 aliphatic heterocycles. The van der Waals surface area contributed by atoms with Crippen molar-refractivity contribution in [2.24, 2.45) is 23.8 Å². The number of anilines is 1. The van der Waals surface area contributed by atoms with Crippen LogP contribution in [0.15, 0.2) is 63.4 Å². The summed E-state index contributed by atoms with van der Waals surface area (Å²) in [6.07, 6.45) is 1.24. The molecular formula is C23H22N12OS. The molecule has 0 aliphatic carbocycles.